The Morgan fingerprint density at radius 2 is 2.04 bits per heavy atom. The number of aromatic nitrogens is 2. The van der Waals surface area contributed by atoms with Gasteiger partial charge in [-0.3, -0.25) is 9.80 Å². The first-order chi connectivity index (χ1) is 11.9. The standard InChI is InChI=1S/C18H23N3O4/c1-5-13-19-12-9-7-6-8-11(12)17(23)20(13)21-14(16(22)10(2)3)15(21)18(24)25-4/h6-10,14-16,22H,5H2,1-4H3/t14-,15-,16?,21?/m0/s1. The van der Waals surface area contributed by atoms with Gasteiger partial charge in [0.2, 0.25) is 0 Å². The van der Waals surface area contributed by atoms with Crippen LogP contribution < -0.4 is 10.6 Å². The molecule has 0 aliphatic carbocycles. The summed E-state index contributed by atoms with van der Waals surface area (Å²) in [5.41, 5.74) is 0.382. The van der Waals surface area contributed by atoms with E-state index >= 15 is 0 Å². The molecule has 3 atom stereocenters. The minimum atomic E-state index is -0.757. The van der Waals surface area contributed by atoms with Crippen molar-refractivity contribution in [1.82, 2.24) is 9.66 Å². The number of carbonyl (C=O) groups is 1. The molecule has 1 aromatic carbocycles. The number of aliphatic hydroxyl groups is 1. The maximum atomic E-state index is 13.0. The fraction of sp³-hybridized carbons (Fsp3) is 0.500. The van der Waals surface area contributed by atoms with E-state index in [1.165, 1.54) is 11.8 Å². The summed E-state index contributed by atoms with van der Waals surface area (Å²) >= 11 is 0. The lowest BCUT2D eigenvalue weighted by Crippen LogP contribution is -2.37. The minimum Gasteiger partial charge on any atom is -0.467 e. The van der Waals surface area contributed by atoms with Crippen molar-refractivity contribution < 1.29 is 14.6 Å². The molecular formula is C18H23N3O4. The fourth-order valence-corrected chi connectivity index (χ4v) is 3.24. The Balaban J connectivity index is 2.15. The Bertz CT molecular complexity index is 861. The van der Waals surface area contributed by atoms with Crippen molar-refractivity contribution in [3.63, 3.8) is 0 Å². The number of hydrogen-bond acceptors (Lipinski definition) is 6. The Morgan fingerprint density at radius 3 is 2.64 bits per heavy atom. The van der Waals surface area contributed by atoms with Crippen molar-refractivity contribution in [2.75, 3.05) is 12.1 Å². The third-order valence-electron chi connectivity index (χ3n) is 4.67. The topological polar surface area (TPSA) is 84.4 Å². The Kier molecular flexibility index (Phi) is 4.51. The van der Waals surface area contributed by atoms with Gasteiger partial charge in [0.25, 0.3) is 5.56 Å². The van der Waals surface area contributed by atoms with Gasteiger partial charge in [-0.1, -0.05) is 32.9 Å². The number of aliphatic hydroxyl groups excluding tert-OH is 1. The number of methoxy groups -OCH3 is 1. The first kappa shape index (κ1) is 17.4. The van der Waals surface area contributed by atoms with E-state index < -0.39 is 24.2 Å². The lowest BCUT2D eigenvalue weighted by Gasteiger charge is -2.18. The molecule has 1 aliphatic heterocycles. The average molecular weight is 345 g/mol. The number of rotatable bonds is 5. The van der Waals surface area contributed by atoms with Crippen LogP contribution in [0.1, 0.15) is 26.6 Å². The molecule has 3 rings (SSSR count). The third-order valence-corrected chi connectivity index (χ3v) is 4.67. The van der Waals surface area contributed by atoms with Crippen LogP contribution in [0.4, 0.5) is 0 Å². The van der Waals surface area contributed by atoms with Gasteiger partial charge < -0.3 is 9.84 Å². The monoisotopic (exact) mass is 345 g/mol. The highest BCUT2D eigenvalue weighted by Gasteiger charge is 2.59. The van der Waals surface area contributed by atoms with Crippen molar-refractivity contribution in [2.24, 2.45) is 5.92 Å². The van der Waals surface area contributed by atoms with E-state index in [0.717, 1.165) is 0 Å². The van der Waals surface area contributed by atoms with Gasteiger partial charge in [0.05, 0.1) is 24.1 Å². The molecule has 1 aliphatic rings. The summed E-state index contributed by atoms with van der Waals surface area (Å²) in [4.78, 5) is 29.8. The van der Waals surface area contributed by atoms with E-state index in [1.54, 1.807) is 23.2 Å². The van der Waals surface area contributed by atoms with Crippen molar-refractivity contribution in [3.05, 3.63) is 40.4 Å². The van der Waals surface area contributed by atoms with Crippen LogP contribution in [0.3, 0.4) is 0 Å². The number of benzene rings is 1. The van der Waals surface area contributed by atoms with Gasteiger partial charge in [-0.25, -0.2) is 14.5 Å². The Morgan fingerprint density at radius 1 is 1.36 bits per heavy atom. The highest BCUT2D eigenvalue weighted by molar-refractivity contribution is 5.85. The zero-order valence-corrected chi connectivity index (χ0v) is 14.8. The average Bonchev–Trinajstić information content (AvgIpc) is 3.34. The summed E-state index contributed by atoms with van der Waals surface area (Å²) in [6.45, 7) is 5.65. The van der Waals surface area contributed by atoms with E-state index in [-0.39, 0.29) is 11.5 Å². The van der Waals surface area contributed by atoms with Crippen molar-refractivity contribution in [2.45, 2.75) is 45.4 Å². The van der Waals surface area contributed by atoms with E-state index in [4.69, 9.17) is 4.74 Å². The number of ether oxygens (including phenoxy) is 1. The number of hydrogen-bond donors (Lipinski definition) is 1. The van der Waals surface area contributed by atoms with E-state index in [0.29, 0.717) is 23.1 Å². The van der Waals surface area contributed by atoms with Crippen LogP contribution in [0.2, 0.25) is 0 Å². The predicted molar refractivity (Wildman–Crippen MR) is 94.0 cm³/mol. The molecular weight excluding hydrogens is 322 g/mol. The molecule has 2 heterocycles. The second-order valence-corrected chi connectivity index (χ2v) is 6.59. The van der Waals surface area contributed by atoms with Crippen molar-refractivity contribution >= 4 is 16.9 Å². The highest BCUT2D eigenvalue weighted by Crippen LogP contribution is 2.33. The molecule has 1 fully saturated rings. The summed E-state index contributed by atoms with van der Waals surface area (Å²) in [5.74, 6) is 0.0271. The largest absolute Gasteiger partial charge is 0.467 e. The minimum absolute atomic E-state index is 0.0589. The van der Waals surface area contributed by atoms with Gasteiger partial charge in [0, 0.05) is 6.42 Å². The van der Waals surface area contributed by atoms with E-state index in [1.807, 2.05) is 26.8 Å². The maximum absolute atomic E-state index is 13.0. The molecule has 0 radical (unpaired) electrons. The van der Waals surface area contributed by atoms with Crippen molar-refractivity contribution in [3.8, 4) is 0 Å². The SMILES string of the molecule is CCc1nc2ccccc2c(=O)n1N1[C@H](C(=O)OC)[C@H]1C(O)C(C)C. The van der Waals surface area contributed by atoms with Crippen LogP contribution in [0.5, 0.6) is 0 Å². The molecule has 7 nitrogen and oxygen atoms in total. The van der Waals surface area contributed by atoms with Crippen LogP contribution in [0, 0.1) is 5.92 Å². The van der Waals surface area contributed by atoms with Crippen LogP contribution >= 0.6 is 0 Å². The van der Waals surface area contributed by atoms with Crippen LogP contribution in [0.25, 0.3) is 10.9 Å². The second kappa shape index (κ2) is 6.48. The lowest BCUT2D eigenvalue weighted by molar-refractivity contribution is -0.140. The molecule has 0 bridgehead atoms. The molecule has 1 unspecified atom stereocenters. The van der Waals surface area contributed by atoms with Gasteiger partial charge in [0.1, 0.15) is 11.9 Å². The molecule has 1 saturated heterocycles. The quantitative estimate of drug-likeness (QED) is 0.638. The predicted octanol–water partition coefficient (Wildman–Crippen LogP) is 0.838. The molecule has 1 N–H and O–H groups in total. The zero-order chi connectivity index (χ0) is 18.3. The number of nitrogens with zero attached hydrogens (tertiary/aromatic N) is 3. The lowest BCUT2D eigenvalue weighted by atomic mass is 10.0. The molecule has 134 valence electrons. The van der Waals surface area contributed by atoms with Crippen LogP contribution in [0.15, 0.2) is 29.1 Å². The van der Waals surface area contributed by atoms with E-state index in [9.17, 15) is 14.7 Å². The summed E-state index contributed by atoms with van der Waals surface area (Å²) < 4.78 is 6.29. The Hall–Kier alpha value is -2.41. The second-order valence-electron chi connectivity index (χ2n) is 6.59. The van der Waals surface area contributed by atoms with Gasteiger partial charge in [-0.2, -0.15) is 0 Å². The Labute approximate surface area is 145 Å². The van der Waals surface area contributed by atoms with Gasteiger partial charge in [-0.15, -0.1) is 0 Å². The smallest absolute Gasteiger partial charge is 0.332 e. The normalized spacial score (nSPS) is 20.8. The molecule has 25 heavy (non-hydrogen) atoms. The van der Waals surface area contributed by atoms with Crippen molar-refractivity contribution in [1.29, 1.82) is 0 Å². The highest BCUT2D eigenvalue weighted by atomic mass is 16.5. The molecule has 1 aromatic heterocycles. The zero-order valence-electron chi connectivity index (χ0n) is 14.8. The summed E-state index contributed by atoms with van der Waals surface area (Å²) in [5, 5.41) is 12.6. The number of fused-ring (bicyclic) bond motifs is 1. The molecule has 0 amide bonds. The van der Waals surface area contributed by atoms with Gasteiger partial charge in [-0.05, 0) is 18.1 Å². The molecule has 0 spiro atoms. The number of para-hydroxylation sites is 1. The third kappa shape index (κ3) is 2.78. The summed E-state index contributed by atoms with van der Waals surface area (Å²) in [7, 11) is 1.31. The number of aryl methyl sites for hydroxylation is 1. The molecule has 7 heteroatoms. The summed E-state index contributed by atoms with van der Waals surface area (Å²) in [6, 6.07) is 5.93. The molecule has 0 saturated carbocycles. The van der Waals surface area contributed by atoms with E-state index in [2.05, 4.69) is 4.98 Å². The van der Waals surface area contributed by atoms with Crippen LogP contribution in [-0.4, -0.2) is 46.0 Å². The van der Waals surface area contributed by atoms with Gasteiger partial charge >= 0.3 is 5.97 Å². The summed E-state index contributed by atoms with van der Waals surface area (Å²) in [6.07, 6.45) is -0.234. The first-order valence-electron chi connectivity index (χ1n) is 8.47. The number of esters is 1. The molecule has 2 aromatic rings. The first-order valence-corrected chi connectivity index (χ1v) is 8.47. The fourth-order valence-electron chi connectivity index (χ4n) is 3.24. The number of carbonyl (C=O) groups excluding carboxylic acids is 1. The van der Waals surface area contributed by atoms with Gasteiger partial charge in [0.15, 0.2) is 6.04 Å². The maximum Gasteiger partial charge on any atom is 0.332 e. The van der Waals surface area contributed by atoms with Crippen LogP contribution in [-0.2, 0) is 16.0 Å².